The lowest BCUT2D eigenvalue weighted by molar-refractivity contribution is 0.0204. The molecule has 34 heavy (non-hydrogen) atoms. The van der Waals surface area contributed by atoms with Crippen LogP contribution in [0.4, 0.5) is 4.79 Å². The molecule has 7 heteroatoms. The second kappa shape index (κ2) is 9.82. The second-order valence-corrected chi connectivity index (χ2v) is 10.6. The number of halogens is 1. The largest absolute Gasteiger partial charge is 0.497 e. The highest BCUT2D eigenvalue weighted by Crippen LogP contribution is 2.40. The molecule has 1 aliphatic rings. The van der Waals surface area contributed by atoms with E-state index in [1.807, 2.05) is 49.7 Å². The number of piperidine rings is 1. The van der Waals surface area contributed by atoms with E-state index in [4.69, 9.17) is 14.6 Å². The molecule has 0 bridgehead atoms. The molecule has 6 nitrogen and oxygen atoms in total. The summed E-state index contributed by atoms with van der Waals surface area (Å²) in [5, 5.41) is 5.08. The van der Waals surface area contributed by atoms with Gasteiger partial charge in [-0.3, -0.25) is 0 Å². The molecule has 0 aliphatic carbocycles. The van der Waals surface area contributed by atoms with Gasteiger partial charge in [0.2, 0.25) is 0 Å². The monoisotopic (exact) mass is 525 g/mol. The van der Waals surface area contributed by atoms with E-state index in [-0.39, 0.29) is 12.0 Å². The maximum atomic E-state index is 12.5. The number of ether oxygens (including phenoxy) is 2. The third-order valence-electron chi connectivity index (χ3n) is 6.03. The number of carbonyl (C=O) groups excluding carboxylic acids is 1. The Morgan fingerprint density at radius 2 is 1.65 bits per heavy atom. The molecule has 180 valence electrons. The number of hydrogen-bond donors (Lipinski definition) is 0. The average molecular weight is 526 g/mol. The topological polar surface area (TPSA) is 56.6 Å². The highest BCUT2D eigenvalue weighted by molar-refractivity contribution is 9.10. The standard InChI is InChI=1S/C27H32BrN3O3/c1-18-6-8-20(9-7-18)25-23(28)24(29-31(25)21-10-12-22(33-5)13-11-21)19-14-16-30(17-15-19)26(32)34-27(2,3)4/h6-13,19H,14-17H2,1-5H3. The van der Waals surface area contributed by atoms with Crippen LogP contribution in [0, 0.1) is 6.92 Å². The minimum atomic E-state index is -0.489. The van der Waals surface area contributed by atoms with Crippen LogP contribution in [0.2, 0.25) is 0 Å². The molecule has 1 saturated heterocycles. The van der Waals surface area contributed by atoms with E-state index in [0.717, 1.165) is 45.7 Å². The fourth-order valence-corrected chi connectivity index (χ4v) is 5.01. The van der Waals surface area contributed by atoms with Gasteiger partial charge in [-0.25, -0.2) is 9.48 Å². The zero-order chi connectivity index (χ0) is 24.5. The number of carbonyl (C=O) groups is 1. The average Bonchev–Trinajstić information content (AvgIpc) is 3.15. The second-order valence-electron chi connectivity index (χ2n) is 9.77. The number of aromatic nitrogens is 2. The van der Waals surface area contributed by atoms with E-state index in [1.165, 1.54) is 5.56 Å². The van der Waals surface area contributed by atoms with Gasteiger partial charge in [-0.05, 0) is 80.7 Å². The lowest BCUT2D eigenvalue weighted by Crippen LogP contribution is -2.41. The van der Waals surface area contributed by atoms with Gasteiger partial charge in [-0.15, -0.1) is 0 Å². The Morgan fingerprint density at radius 3 is 2.21 bits per heavy atom. The summed E-state index contributed by atoms with van der Waals surface area (Å²) < 4.78 is 13.9. The number of benzene rings is 2. The molecule has 4 rings (SSSR count). The van der Waals surface area contributed by atoms with Crippen LogP contribution >= 0.6 is 15.9 Å². The molecule has 1 amide bonds. The van der Waals surface area contributed by atoms with E-state index >= 15 is 0 Å². The van der Waals surface area contributed by atoms with Crippen LogP contribution in [0.15, 0.2) is 53.0 Å². The minimum Gasteiger partial charge on any atom is -0.497 e. The first-order chi connectivity index (χ1) is 16.2. The molecule has 0 spiro atoms. The summed E-state index contributed by atoms with van der Waals surface area (Å²) in [7, 11) is 1.67. The van der Waals surface area contributed by atoms with Gasteiger partial charge < -0.3 is 14.4 Å². The Bertz CT molecular complexity index is 1140. The zero-order valence-corrected chi connectivity index (χ0v) is 22.1. The number of rotatable bonds is 4. The summed E-state index contributed by atoms with van der Waals surface area (Å²) in [6.45, 7) is 9.08. The number of methoxy groups -OCH3 is 1. The molecule has 3 aromatic rings. The number of amides is 1. The molecule has 0 atom stereocenters. The fourth-order valence-electron chi connectivity index (χ4n) is 4.21. The predicted octanol–water partition coefficient (Wildman–Crippen LogP) is 6.73. The lowest BCUT2D eigenvalue weighted by Gasteiger charge is -2.33. The fraction of sp³-hybridized carbons (Fsp3) is 0.407. The number of hydrogen-bond acceptors (Lipinski definition) is 4. The van der Waals surface area contributed by atoms with Crippen molar-refractivity contribution in [2.45, 2.75) is 52.1 Å². The quantitative estimate of drug-likeness (QED) is 0.378. The number of likely N-dealkylation sites (tertiary alicyclic amines) is 1. The van der Waals surface area contributed by atoms with Crippen LogP contribution in [0.25, 0.3) is 16.9 Å². The van der Waals surface area contributed by atoms with Crippen LogP contribution < -0.4 is 4.74 Å². The van der Waals surface area contributed by atoms with Gasteiger partial charge in [0.25, 0.3) is 0 Å². The summed E-state index contributed by atoms with van der Waals surface area (Å²) in [6.07, 6.45) is 1.43. The van der Waals surface area contributed by atoms with E-state index in [9.17, 15) is 4.79 Å². The van der Waals surface area contributed by atoms with Gasteiger partial charge in [0, 0.05) is 24.6 Å². The molecule has 2 heterocycles. The van der Waals surface area contributed by atoms with E-state index < -0.39 is 5.60 Å². The highest BCUT2D eigenvalue weighted by Gasteiger charge is 2.31. The van der Waals surface area contributed by atoms with E-state index in [2.05, 4.69) is 47.1 Å². The van der Waals surface area contributed by atoms with Gasteiger partial charge >= 0.3 is 6.09 Å². The minimum absolute atomic E-state index is 0.242. The van der Waals surface area contributed by atoms with Crippen molar-refractivity contribution < 1.29 is 14.3 Å². The third kappa shape index (κ3) is 5.30. The van der Waals surface area contributed by atoms with Crippen molar-refractivity contribution in [3.05, 3.63) is 64.3 Å². The summed E-state index contributed by atoms with van der Waals surface area (Å²) in [5.41, 5.74) is 4.83. The Hall–Kier alpha value is -2.80. The summed E-state index contributed by atoms with van der Waals surface area (Å²) in [5.74, 6) is 1.05. The Kier molecular flexibility index (Phi) is 7.03. The van der Waals surface area contributed by atoms with Crippen molar-refractivity contribution in [3.63, 3.8) is 0 Å². The van der Waals surface area contributed by atoms with Crippen LogP contribution in [0.1, 0.15) is 50.8 Å². The van der Waals surface area contributed by atoms with E-state index in [1.54, 1.807) is 12.0 Å². The van der Waals surface area contributed by atoms with Crippen molar-refractivity contribution in [2.24, 2.45) is 0 Å². The van der Waals surface area contributed by atoms with Gasteiger partial charge in [-0.1, -0.05) is 29.8 Å². The molecular weight excluding hydrogens is 494 g/mol. The van der Waals surface area contributed by atoms with Crippen molar-refractivity contribution in [3.8, 4) is 22.7 Å². The van der Waals surface area contributed by atoms with E-state index in [0.29, 0.717) is 13.1 Å². The Balaban J connectivity index is 1.65. The summed E-state index contributed by atoms with van der Waals surface area (Å²) in [4.78, 5) is 14.3. The first-order valence-corrected chi connectivity index (χ1v) is 12.4. The SMILES string of the molecule is COc1ccc(-n2nc(C3CCN(C(=O)OC(C)(C)C)CC3)c(Br)c2-c2ccc(C)cc2)cc1. The molecule has 0 unspecified atom stereocenters. The van der Waals surface area contributed by atoms with Crippen molar-refractivity contribution >= 4 is 22.0 Å². The van der Waals surface area contributed by atoms with Crippen LogP contribution in [-0.4, -0.2) is 46.6 Å². The molecule has 1 aromatic heterocycles. The molecule has 1 fully saturated rings. The van der Waals surface area contributed by atoms with Gasteiger partial charge in [0.1, 0.15) is 11.4 Å². The van der Waals surface area contributed by atoms with Gasteiger partial charge in [0.05, 0.1) is 28.7 Å². The highest BCUT2D eigenvalue weighted by atomic mass is 79.9. The zero-order valence-electron chi connectivity index (χ0n) is 20.5. The molecular formula is C27H32BrN3O3. The maximum absolute atomic E-state index is 12.5. The molecule has 0 saturated carbocycles. The third-order valence-corrected chi connectivity index (χ3v) is 6.81. The Morgan fingerprint density at radius 1 is 1.03 bits per heavy atom. The number of aryl methyl sites for hydroxylation is 1. The van der Waals surface area contributed by atoms with Crippen LogP contribution in [0.3, 0.4) is 0 Å². The predicted molar refractivity (Wildman–Crippen MR) is 138 cm³/mol. The smallest absolute Gasteiger partial charge is 0.410 e. The molecule has 0 N–H and O–H groups in total. The summed E-state index contributed by atoms with van der Waals surface area (Å²) in [6, 6.07) is 16.4. The number of nitrogens with zero attached hydrogens (tertiary/aromatic N) is 3. The molecule has 1 aliphatic heterocycles. The lowest BCUT2D eigenvalue weighted by atomic mass is 9.93. The van der Waals surface area contributed by atoms with Gasteiger partial charge in [-0.2, -0.15) is 5.10 Å². The van der Waals surface area contributed by atoms with Crippen molar-refractivity contribution in [1.82, 2.24) is 14.7 Å². The summed E-state index contributed by atoms with van der Waals surface area (Å²) >= 11 is 3.89. The molecule has 2 aromatic carbocycles. The maximum Gasteiger partial charge on any atom is 0.410 e. The molecule has 0 radical (unpaired) electrons. The first-order valence-electron chi connectivity index (χ1n) is 11.6. The van der Waals surface area contributed by atoms with Crippen LogP contribution in [-0.2, 0) is 4.74 Å². The first kappa shape index (κ1) is 24.3. The Labute approximate surface area is 210 Å². The van der Waals surface area contributed by atoms with Gasteiger partial charge in [0.15, 0.2) is 0 Å². The normalized spacial score (nSPS) is 14.8. The van der Waals surface area contributed by atoms with Crippen molar-refractivity contribution in [2.75, 3.05) is 20.2 Å². The van der Waals surface area contributed by atoms with Crippen LogP contribution in [0.5, 0.6) is 5.75 Å². The van der Waals surface area contributed by atoms with Crippen molar-refractivity contribution in [1.29, 1.82) is 0 Å².